The fraction of sp³-hybridized carbons (Fsp3) is 0.350. The van der Waals surface area contributed by atoms with Crippen LogP contribution >= 0.6 is 11.6 Å². The van der Waals surface area contributed by atoms with Crippen molar-refractivity contribution in [1.29, 1.82) is 5.26 Å². The van der Waals surface area contributed by atoms with E-state index in [4.69, 9.17) is 21.2 Å². The number of aromatic nitrogens is 4. The second kappa shape index (κ2) is 8.34. The summed E-state index contributed by atoms with van der Waals surface area (Å²) in [6.45, 7) is 0.956. The van der Waals surface area contributed by atoms with Crippen molar-refractivity contribution in [3.63, 3.8) is 0 Å². The second-order valence-corrected chi connectivity index (χ2v) is 7.65. The van der Waals surface area contributed by atoms with E-state index >= 15 is 0 Å². The molecule has 0 radical (unpaired) electrons. The predicted octanol–water partition coefficient (Wildman–Crippen LogP) is 3.16. The fourth-order valence-corrected chi connectivity index (χ4v) is 3.79. The Hall–Kier alpha value is -3.09. The summed E-state index contributed by atoms with van der Waals surface area (Å²) in [5.41, 5.74) is 0.634. The molecule has 154 valence electrons. The highest BCUT2D eigenvalue weighted by molar-refractivity contribution is 6.31. The van der Waals surface area contributed by atoms with Gasteiger partial charge in [0.15, 0.2) is 17.3 Å². The summed E-state index contributed by atoms with van der Waals surface area (Å²) in [5.74, 6) is 0.671. The summed E-state index contributed by atoms with van der Waals surface area (Å²) < 4.78 is 18.3. The largest absolute Gasteiger partial charge is 0.388 e. The molecule has 1 aliphatic rings. The smallest absolute Gasteiger partial charge is 0.278 e. The minimum Gasteiger partial charge on any atom is -0.388 e. The summed E-state index contributed by atoms with van der Waals surface area (Å²) >= 11 is 6.16. The minimum atomic E-state index is -0.560. The van der Waals surface area contributed by atoms with Crippen molar-refractivity contribution in [3.05, 3.63) is 52.6 Å². The van der Waals surface area contributed by atoms with Gasteiger partial charge >= 0.3 is 0 Å². The van der Waals surface area contributed by atoms with E-state index in [1.165, 1.54) is 12.1 Å². The Morgan fingerprint density at radius 3 is 2.63 bits per heavy atom. The monoisotopic (exact) mass is 428 g/mol. The number of anilines is 1. The van der Waals surface area contributed by atoms with Gasteiger partial charge in [-0.25, -0.2) is 4.39 Å². The molecule has 1 N–H and O–H groups in total. The summed E-state index contributed by atoms with van der Waals surface area (Å²) in [6.07, 6.45) is 1.74. The van der Waals surface area contributed by atoms with Crippen molar-refractivity contribution >= 4 is 17.4 Å². The van der Waals surface area contributed by atoms with Gasteiger partial charge in [0.05, 0.1) is 11.5 Å². The van der Waals surface area contributed by atoms with Crippen LogP contribution in [0.25, 0.3) is 11.6 Å². The third kappa shape index (κ3) is 4.10. The van der Waals surface area contributed by atoms with Crippen molar-refractivity contribution in [2.75, 3.05) is 18.0 Å². The Kier molecular flexibility index (Phi) is 5.61. The summed E-state index contributed by atoms with van der Waals surface area (Å²) in [7, 11) is 0. The van der Waals surface area contributed by atoms with E-state index in [2.05, 4.69) is 31.3 Å². The van der Waals surface area contributed by atoms with Crippen LogP contribution in [0.3, 0.4) is 0 Å². The molecule has 0 aliphatic carbocycles. The Morgan fingerprint density at radius 1 is 1.23 bits per heavy atom. The van der Waals surface area contributed by atoms with Crippen LogP contribution in [0.15, 0.2) is 34.9 Å². The first kappa shape index (κ1) is 20.2. The number of benzene rings is 1. The number of nitriles is 1. The van der Waals surface area contributed by atoms with Crippen molar-refractivity contribution < 1.29 is 14.0 Å². The molecule has 0 atom stereocenters. The van der Waals surface area contributed by atoms with Crippen LogP contribution in [0.4, 0.5) is 10.2 Å². The normalized spacial score (nSPS) is 15.7. The van der Waals surface area contributed by atoms with Gasteiger partial charge in [-0.2, -0.15) is 10.2 Å². The van der Waals surface area contributed by atoms with Gasteiger partial charge < -0.3 is 14.5 Å². The molecule has 4 rings (SSSR count). The Balaban J connectivity index is 1.43. The molecule has 0 spiro atoms. The van der Waals surface area contributed by atoms with E-state index in [9.17, 15) is 9.65 Å². The van der Waals surface area contributed by atoms with E-state index in [1.807, 2.05) is 0 Å². The average Bonchev–Trinajstić information content (AvgIpc) is 3.26. The number of aliphatic hydroxyl groups excluding tert-OH is 1. The van der Waals surface area contributed by atoms with Crippen molar-refractivity contribution in [1.82, 2.24) is 20.3 Å². The van der Waals surface area contributed by atoms with Gasteiger partial charge in [-0.3, -0.25) is 0 Å². The van der Waals surface area contributed by atoms with Crippen molar-refractivity contribution in [2.45, 2.75) is 25.9 Å². The number of nitrogens with zero attached hydrogens (tertiary/aromatic N) is 6. The zero-order valence-corrected chi connectivity index (χ0v) is 16.7. The van der Waals surface area contributed by atoms with Crippen LogP contribution in [0.2, 0.25) is 5.02 Å². The molecule has 30 heavy (non-hydrogen) atoms. The lowest BCUT2D eigenvalue weighted by Gasteiger charge is -2.38. The maximum absolute atomic E-state index is 13.3. The maximum atomic E-state index is 13.3. The van der Waals surface area contributed by atoms with E-state index in [-0.39, 0.29) is 24.1 Å². The lowest BCUT2D eigenvalue weighted by molar-refractivity contribution is 0.264. The van der Waals surface area contributed by atoms with Gasteiger partial charge in [-0.05, 0) is 49.1 Å². The highest BCUT2D eigenvalue weighted by Crippen LogP contribution is 2.37. The standard InChI is InChI=1S/C20H18ClFN6O2/c21-15-9-14(22)2-1-13(15)10-20(12-23)5-7-28(8-6-20)18-4-3-16(25-26-18)19-24-17(11-29)27-30-19/h1-4,9,29H,5-8,10-11H2. The molecule has 0 bridgehead atoms. The Morgan fingerprint density at radius 2 is 2.03 bits per heavy atom. The van der Waals surface area contributed by atoms with E-state index in [1.54, 1.807) is 18.2 Å². The zero-order chi connectivity index (χ0) is 21.1. The van der Waals surface area contributed by atoms with Gasteiger partial charge in [0.1, 0.15) is 12.4 Å². The molecule has 3 aromatic rings. The molecular weight excluding hydrogens is 411 g/mol. The third-order valence-electron chi connectivity index (χ3n) is 5.30. The second-order valence-electron chi connectivity index (χ2n) is 7.24. The number of aliphatic hydroxyl groups is 1. The molecule has 10 heteroatoms. The molecule has 1 aromatic carbocycles. The lowest BCUT2D eigenvalue weighted by atomic mass is 9.75. The fourth-order valence-electron chi connectivity index (χ4n) is 3.55. The number of piperidine rings is 1. The molecule has 8 nitrogen and oxygen atoms in total. The van der Waals surface area contributed by atoms with Crippen LogP contribution in [0, 0.1) is 22.6 Å². The van der Waals surface area contributed by atoms with Crippen LogP contribution in [-0.4, -0.2) is 38.5 Å². The maximum Gasteiger partial charge on any atom is 0.278 e. The molecule has 1 saturated heterocycles. The summed E-state index contributed by atoms with van der Waals surface area (Å²) in [5, 5.41) is 31.2. The third-order valence-corrected chi connectivity index (χ3v) is 5.66. The van der Waals surface area contributed by atoms with Gasteiger partial charge in [0.25, 0.3) is 5.89 Å². The molecule has 1 fully saturated rings. The van der Waals surface area contributed by atoms with E-state index in [0.717, 1.165) is 5.56 Å². The molecule has 3 heterocycles. The molecule has 1 aliphatic heterocycles. The quantitative estimate of drug-likeness (QED) is 0.659. The summed E-state index contributed by atoms with van der Waals surface area (Å²) in [4.78, 5) is 6.07. The molecule has 0 saturated carbocycles. The average molecular weight is 429 g/mol. The molecule has 0 amide bonds. The molecule has 0 unspecified atom stereocenters. The lowest BCUT2D eigenvalue weighted by Crippen LogP contribution is -2.41. The number of hydrogen-bond acceptors (Lipinski definition) is 8. The van der Waals surface area contributed by atoms with E-state index in [0.29, 0.717) is 48.9 Å². The predicted molar refractivity (Wildman–Crippen MR) is 106 cm³/mol. The van der Waals surface area contributed by atoms with Gasteiger partial charge in [0, 0.05) is 18.1 Å². The number of halogens is 2. The van der Waals surface area contributed by atoms with Crippen molar-refractivity contribution in [2.24, 2.45) is 5.41 Å². The van der Waals surface area contributed by atoms with Crippen molar-refractivity contribution in [3.8, 4) is 17.7 Å². The van der Waals surface area contributed by atoms with Gasteiger partial charge in [-0.15, -0.1) is 10.2 Å². The van der Waals surface area contributed by atoms with Gasteiger partial charge in [0.2, 0.25) is 0 Å². The Labute approximate surface area is 176 Å². The van der Waals surface area contributed by atoms with E-state index < -0.39 is 5.41 Å². The highest BCUT2D eigenvalue weighted by atomic mass is 35.5. The summed E-state index contributed by atoms with van der Waals surface area (Å²) in [6, 6.07) is 10.3. The number of hydrogen-bond donors (Lipinski definition) is 1. The first-order valence-electron chi connectivity index (χ1n) is 9.40. The van der Waals surface area contributed by atoms with Crippen LogP contribution < -0.4 is 4.90 Å². The highest BCUT2D eigenvalue weighted by Gasteiger charge is 2.36. The SMILES string of the molecule is N#CC1(Cc2ccc(F)cc2Cl)CCN(c2ccc(-c3nc(CO)no3)nn2)CC1. The Bertz CT molecular complexity index is 1070. The number of rotatable bonds is 5. The molecule has 2 aromatic heterocycles. The zero-order valence-electron chi connectivity index (χ0n) is 15.9. The topological polar surface area (TPSA) is 112 Å². The van der Waals surface area contributed by atoms with Crippen LogP contribution in [0.1, 0.15) is 24.2 Å². The minimum absolute atomic E-state index is 0.181. The van der Waals surface area contributed by atoms with Crippen LogP contribution in [0.5, 0.6) is 0 Å². The van der Waals surface area contributed by atoms with Crippen LogP contribution in [-0.2, 0) is 13.0 Å². The molecular formula is C20H18ClFN6O2. The van der Waals surface area contributed by atoms with Gasteiger partial charge in [-0.1, -0.05) is 22.8 Å². The first-order valence-corrected chi connectivity index (χ1v) is 9.77. The first-order chi connectivity index (χ1) is 14.5.